The summed E-state index contributed by atoms with van der Waals surface area (Å²) in [6.45, 7) is 2.08. The lowest BCUT2D eigenvalue weighted by atomic mass is 10.2. The molecular weight excluding hydrogens is 194 g/mol. The Balaban J connectivity index is 2.68. The van der Waals surface area contributed by atoms with E-state index in [0.29, 0.717) is 12.3 Å². The number of oxazole rings is 1. The quantitative estimate of drug-likeness (QED) is 0.702. The third-order valence-corrected chi connectivity index (χ3v) is 1.86. The van der Waals surface area contributed by atoms with E-state index in [1.807, 2.05) is 6.92 Å². The minimum absolute atomic E-state index is 0.168. The average Bonchev–Trinajstić information content (AvgIpc) is 2.74. The zero-order valence-electron chi connectivity index (χ0n) is 8.49. The van der Waals surface area contributed by atoms with E-state index in [2.05, 4.69) is 16.2 Å². The first-order valence-corrected chi connectivity index (χ1v) is 4.61. The predicted octanol–water partition coefficient (Wildman–Crippen LogP) is 0.447. The third-order valence-electron chi connectivity index (χ3n) is 1.86. The van der Waals surface area contributed by atoms with E-state index < -0.39 is 0 Å². The fraction of sp³-hybridized carbons (Fsp3) is 0.400. The van der Waals surface area contributed by atoms with E-state index in [0.717, 1.165) is 0 Å². The predicted molar refractivity (Wildman–Crippen MR) is 54.9 cm³/mol. The number of nitrogens with two attached hydrogens (primary N) is 1. The summed E-state index contributed by atoms with van der Waals surface area (Å²) in [5.41, 5.74) is 5.89. The number of carbonyl (C=O) groups is 1. The molecule has 1 heterocycles. The van der Waals surface area contributed by atoms with Crippen molar-refractivity contribution in [3.8, 4) is 12.3 Å². The molecule has 0 aliphatic carbocycles. The minimum atomic E-state index is -0.355. The van der Waals surface area contributed by atoms with E-state index >= 15 is 0 Å². The molecule has 0 aliphatic rings. The first kappa shape index (κ1) is 11.3. The molecule has 0 bridgehead atoms. The Bertz CT molecular complexity index is 378. The standard InChI is InChI=1S/C10H13N3O2/c1-3-5-12-9(14)8-6-15-10(13-8)7(11)4-2/h1,6-7H,4-5,11H2,2H3,(H,12,14). The van der Waals surface area contributed by atoms with Crippen LogP contribution in [0.15, 0.2) is 10.7 Å². The second-order valence-corrected chi connectivity index (χ2v) is 2.97. The maximum atomic E-state index is 11.4. The van der Waals surface area contributed by atoms with Crippen molar-refractivity contribution >= 4 is 5.91 Å². The van der Waals surface area contributed by atoms with Gasteiger partial charge in [0.1, 0.15) is 6.26 Å². The maximum Gasteiger partial charge on any atom is 0.273 e. The van der Waals surface area contributed by atoms with Crippen molar-refractivity contribution in [2.45, 2.75) is 19.4 Å². The lowest BCUT2D eigenvalue weighted by Crippen LogP contribution is -2.24. The smallest absolute Gasteiger partial charge is 0.273 e. The Morgan fingerprint density at radius 2 is 2.60 bits per heavy atom. The van der Waals surface area contributed by atoms with Gasteiger partial charge in [-0.3, -0.25) is 4.79 Å². The molecule has 15 heavy (non-hydrogen) atoms. The molecule has 1 atom stereocenters. The SMILES string of the molecule is C#CCNC(=O)c1coc(C(N)CC)n1. The Morgan fingerprint density at radius 3 is 3.20 bits per heavy atom. The zero-order valence-corrected chi connectivity index (χ0v) is 8.49. The van der Waals surface area contributed by atoms with Crippen molar-refractivity contribution in [1.82, 2.24) is 10.3 Å². The molecule has 1 amide bonds. The Kier molecular flexibility index (Phi) is 3.89. The highest BCUT2D eigenvalue weighted by molar-refractivity contribution is 5.92. The molecule has 5 nitrogen and oxygen atoms in total. The molecule has 0 fully saturated rings. The highest BCUT2D eigenvalue weighted by Crippen LogP contribution is 2.12. The minimum Gasteiger partial charge on any atom is -0.446 e. The molecular formula is C10H13N3O2. The second-order valence-electron chi connectivity index (χ2n) is 2.97. The monoisotopic (exact) mass is 207 g/mol. The number of nitrogens with zero attached hydrogens (tertiary/aromatic N) is 1. The molecule has 3 N–H and O–H groups in total. The van der Waals surface area contributed by atoms with Crippen LogP contribution in [0.1, 0.15) is 35.8 Å². The fourth-order valence-electron chi connectivity index (χ4n) is 0.959. The van der Waals surface area contributed by atoms with Crippen LogP contribution in [0.5, 0.6) is 0 Å². The van der Waals surface area contributed by atoms with Gasteiger partial charge in [-0.2, -0.15) is 0 Å². The van der Waals surface area contributed by atoms with Gasteiger partial charge < -0.3 is 15.5 Å². The van der Waals surface area contributed by atoms with Crippen LogP contribution < -0.4 is 11.1 Å². The lowest BCUT2D eigenvalue weighted by molar-refractivity contribution is 0.0953. The van der Waals surface area contributed by atoms with E-state index in [9.17, 15) is 4.79 Å². The average molecular weight is 207 g/mol. The van der Waals surface area contributed by atoms with E-state index in [-0.39, 0.29) is 24.2 Å². The second kappa shape index (κ2) is 5.17. The molecule has 0 radical (unpaired) electrons. The van der Waals surface area contributed by atoms with Gasteiger partial charge in [-0.25, -0.2) is 4.98 Å². The van der Waals surface area contributed by atoms with Crippen LogP contribution in [0.3, 0.4) is 0 Å². The van der Waals surface area contributed by atoms with Crippen molar-refractivity contribution in [2.24, 2.45) is 5.73 Å². The van der Waals surface area contributed by atoms with Gasteiger partial charge in [-0.15, -0.1) is 6.42 Å². The summed E-state index contributed by atoms with van der Waals surface area (Å²) in [6, 6.07) is -0.279. The van der Waals surface area contributed by atoms with Crippen LogP contribution in [-0.4, -0.2) is 17.4 Å². The van der Waals surface area contributed by atoms with Gasteiger partial charge in [0.2, 0.25) is 5.89 Å². The number of amides is 1. The van der Waals surface area contributed by atoms with E-state index in [1.165, 1.54) is 6.26 Å². The number of nitrogens with one attached hydrogen (secondary N) is 1. The molecule has 0 saturated carbocycles. The number of terminal acetylenes is 1. The third kappa shape index (κ3) is 2.82. The first-order chi connectivity index (χ1) is 7.19. The molecule has 1 aromatic rings. The molecule has 0 saturated heterocycles. The zero-order chi connectivity index (χ0) is 11.3. The van der Waals surface area contributed by atoms with Crippen LogP contribution in [-0.2, 0) is 0 Å². The van der Waals surface area contributed by atoms with Gasteiger partial charge in [0.25, 0.3) is 5.91 Å². The highest BCUT2D eigenvalue weighted by Gasteiger charge is 2.14. The van der Waals surface area contributed by atoms with E-state index in [1.54, 1.807) is 0 Å². The summed E-state index contributed by atoms with van der Waals surface area (Å²) in [6.07, 6.45) is 6.98. The molecule has 0 aromatic carbocycles. The van der Waals surface area contributed by atoms with Crippen LogP contribution in [0, 0.1) is 12.3 Å². The summed E-state index contributed by atoms with van der Waals surface area (Å²) < 4.78 is 5.07. The van der Waals surface area contributed by atoms with Gasteiger partial charge >= 0.3 is 0 Å². The largest absolute Gasteiger partial charge is 0.446 e. The van der Waals surface area contributed by atoms with Gasteiger partial charge in [0, 0.05) is 0 Å². The molecule has 5 heteroatoms. The van der Waals surface area contributed by atoms with Crippen molar-refractivity contribution in [3.05, 3.63) is 17.8 Å². The fourth-order valence-corrected chi connectivity index (χ4v) is 0.959. The molecule has 80 valence electrons. The Morgan fingerprint density at radius 1 is 1.87 bits per heavy atom. The van der Waals surface area contributed by atoms with Crippen LogP contribution in [0.25, 0.3) is 0 Å². The van der Waals surface area contributed by atoms with Gasteiger partial charge in [-0.1, -0.05) is 12.8 Å². The topological polar surface area (TPSA) is 81.2 Å². The normalized spacial score (nSPS) is 11.8. The number of hydrogen-bond acceptors (Lipinski definition) is 4. The van der Waals surface area contributed by atoms with Crippen LogP contribution in [0.2, 0.25) is 0 Å². The molecule has 1 unspecified atom stereocenters. The number of carbonyl (C=O) groups excluding carboxylic acids is 1. The summed E-state index contributed by atoms with van der Waals surface area (Å²) in [5, 5.41) is 2.48. The van der Waals surface area contributed by atoms with Gasteiger partial charge in [-0.05, 0) is 6.42 Å². The van der Waals surface area contributed by atoms with Gasteiger partial charge in [0.05, 0.1) is 12.6 Å². The molecule has 0 spiro atoms. The first-order valence-electron chi connectivity index (χ1n) is 4.61. The molecule has 1 aromatic heterocycles. The van der Waals surface area contributed by atoms with Gasteiger partial charge in [0.15, 0.2) is 5.69 Å². The molecule has 0 aliphatic heterocycles. The number of rotatable bonds is 4. The van der Waals surface area contributed by atoms with E-state index in [4.69, 9.17) is 16.6 Å². The van der Waals surface area contributed by atoms with Crippen LogP contribution >= 0.6 is 0 Å². The van der Waals surface area contributed by atoms with Crippen molar-refractivity contribution in [2.75, 3.05) is 6.54 Å². The Hall–Kier alpha value is -1.80. The van der Waals surface area contributed by atoms with Crippen molar-refractivity contribution in [3.63, 3.8) is 0 Å². The number of aromatic nitrogens is 1. The summed E-state index contributed by atoms with van der Waals surface area (Å²) in [7, 11) is 0. The highest BCUT2D eigenvalue weighted by atomic mass is 16.3. The summed E-state index contributed by atoms with van der Waals surface area (Å²) in [4.78, 5) is 15.3. The summed E-state index contributed by atoms with van der Waals surface area (Å²) >= 11 is 0. The van der Waals surface area contributed by atoms with Crippen molar-refractivity contribution < 1.29 is 9.21 Å². The summed E-state index contributed by atoms with van der Waals surface area (Å²) in [5.74, 6) is 2.30. The van der Waals surface area contributed by atoms with Crippen molar-refractivity contribution in [1.29, 1.82) is 0 Å². The Labute approximate surface area is 88.1 Å². The van der Waals surface area contributed by atoms with Crippen LogP contribution in [0.4, 0.5) is 0 Å². The molecule has 1 rings (SSSR count). The number of hydrogen-bond donors (Lipinski definition) is 2. The maximum absolute atomic E-state index is 11.4. The lowest BCUT2D eigenvalue weighted by Gasteiger charge is -2.00.